The van der Waals surface area contributed by atoms with Gasteiger partial charge in [0.05, 0.1) is 0 Å². The number of aliphatic imine (C=N–C) groups is 1. The summed E-state index contributed by atoms with van der Waals surface area (Å²) in [5.74, 6) is 0.101. The van der Waals surface area contributed by atoms with Crippen LogP contribution in [-0.2, 0) is 10.3 Å². The number of benzene rings is 3. The van der Waals surface area contributed by atoms with Crippen molar-refractivity contribution in [3.63, 3.8) is 0 Å². The maximum atomic E-state index is 12.7. The molecule has 2 N–H and O–H groups in total. The van der Waals surface area contributed by atoms with Gasteiger partial charge < -0.3 is 19.9 Å². The predicted octanol–water partition coefficient (Wildman–Crippen LogP) is 5.45. The molecule has 33 heavy (non-hydrogen) atoms. The van der Waals surface area contributed by atoms with E-state index in [0.29, 0.717) is 16.7 Å². The number of aryl methyl sites for hydroxylation is 1. The molecule has 0 spiro atoms. The van der Waals surface area contributed by atoms with Gasteiger partial charge >= 0.3 is 13.2 Å². The van der Waals surface area contributed by atoms with Crippen molar-refractivity contribution in [3.05, 3.63) is 83.4 Å². The molecule has 0 saturated heterocycles. The Morgan fingerprint density at radius 3 is 2.18 bits per heavy atom. The van der Waals surface area contributed by atoms with E-state index < -0.39 is 18.8 Å². The number of nitrogens with two attached hydrogens (primary N) is 1. The first-order valence-corrected chi connectivity index (χ1v) is 9.97. The van der Waals surface area contributed by atoms with Gasteiger partial charge in [-0.25, -0.2) is 4.99 Å². The molecule has 0 saturated carbocycles. The van der Waals surface area contributed by atoms with E-state index in [1.165, 1.54) is 18.2 Å². The molecular formula is C24H20F4N2O3. The second-order valence-corrected chi connectivity index (χ2v) is 7.44. The van der Waals surface area contributed by atoms with Gasteiger partial charge in [0.2, 0.25) is 0 Å². The normalized spacial score (nSPS) is 17.7. The van der Waals surface area contributed by atoms with E-state index in [2.05, 4.69) is 14.5 Å². The van der Waals surface area contributed by atoms with Crippen molar-refractivity contribution in [3.8, 4) is 22.6 Å². The Kier molecular flexibility index (Phi) is 6.13. The average Bonchev–Trinajstić information content (AvgIpc) is 3.17. The summed E-state index contributed by atoms with van der Waals surface area (Å²) < 4.78 is 65.1. The number of hydrogen-bond donors (Lipinski definition) is 1. The summed E-state index contributed by atoms with van der Waals surface area (Å²) in [6.45, 7) is -4.11. The minimum absolute atomic E-state index is 0.00158. The molecule has 1 aliphatic rings. The highest BCUT2D eigenvalue weighted by atomic mass is 19.3. The Morgan fingerprint density at radius 2 is 1.55 bits per heavy atom. The van der Waals surface area contributed by atoms with Gasteiger partial charge in [0.25, 0.3) is 6.02 Å². The van der Waals surface area contributed by atoms with E-state index in [1.54, 1.807) is 37.3 Å². The summed E-state index contributed by atoms with van der Waals surface area (Å²) in [6.07, 6.45) is 0. The molecule has 0 amide bonds. The van der Waals surface area contributed by atoms with E-state index in [0.717, 1.165) is 11.1 Å². The Morgan fingerprint density at radius 1 is 0.879 bits per heavy atom. The van der Waals surface area contributed by atoms with Crippen LogP contribution in [0.25, 0.3) is 11.1 Å². The molecule has 1 aliphatic heterocycles. The van der Waals surface area contributed by atoms with Gasteiger partial charge in [0.15, 0.2) is 5.54 Å². The molecule has 172 valence electrons. The average molecular weight is 460 g/mol. The standard InChI is InChI=1S/C24H20F4N2O3/c1-14-10-18(8-9-20(14)33-22(27)28)24(13-31-23(29)30-24)17-6-2-4-15(11-17)16-5-3-7-19(12-16)32-21(25)26/h2-12,21-22H,13H2,1H3,(H2,29,30)/t24-/m0/s1. The molecule has 0 aliphatic carbocycles. The lowest BCUT2D eigenvalue weighted by Crippen LogP contribution is -2.27. The number of rotatable bonds is 7. The van der Waals surface area contributed by atoms with E-state index in [1.807, 2.05) is 18.2 Å². The minimum Gasteiger partial charge on any atom is -0.462 e. The first kappa shape index (κ1) is 22.4. The highest BCUT2D eigenvalue weighted by Crippen LogP contribution is 2.40. The predicted molar refractivity (Wildman–Crippen MR) is 115 cm³/mol. The molecule has 3 aromatic rings. The first-order valence-electron chi connectivity index (χ1n) is 9.97. The highest BCUT2D eigenvalue weighted by molar-refractivity contribution is 5.76. The monoisotopic (exact) mass is 460 g/mol. The zero-order valence-electron chi connectivity index (χ0n) is 17.5. The molecule has 0 aromatic heterocycles. The van der Waals surface area contributed by atoms with Crippen LogP contribution in [0.5, 0.6) is 11.5 Å². The van der Waals surface area contributed by atoms with E-state index in [-0.39, 0.29) is 24.1 Å². The molecule has 1 atom stereocenters. The summed E-state index contributed by atoms with van der Waals surface area (Å²) in [7, 11) is 0. The van der Waals surface area contributed by atoms with Gasteiger partial charge in [0, 0.05) is 0 Å². The Hall–Kier alpha value is -3.75. The van der Waals surface area contributed by atoms with Crippen molar-refractivity contribution < 1.29 is 31.8 Å². The summed E-state index contributed by atoms with van der Waals surface area (Å²) in [6, 6.07) is 18.5. The fraction of sp³-hybridized carbons (Fsp3) is 0.208. The van der Waals surface area contributed by atoms with Crippen LogP contribution >= 0.6 is 0 Å². The van der Waals surface area contributed by atoms with Crippen molar-refractivity contribution in [2.45, 2.75) is 25.7 Å². The Balaban J connectivity index is 1.77. The van der Waals surface area contributed by atoms with E-state index in [4.69, 9.17) is 10.5 Å². The molecule has 0 fully saturated rings. The fourth-order valence-electron chi connectivity index (χ4n) is 3.84. The number of ether oxygens (including phenoxy) is 3. The van der Waals surface area contributed by atoms with Crippen LogP contribution in [0.3, 0.4) is 0 Å². The van der Waals surface area contributed by atoms with Gasteiger partial charge in [-0.1, -0.05) is 36.4 Å². The number of amidine groups is 1. The van der Waals surface area contributed by atoms with Gasteiger partial charge in [-0.05, 0) is 65.1 Å². The third kappa shape index (κ3) is 4.72. The molecule has 5 nitrogen and oxygen atoms in total. The quantitative estimate of drug-likeness (QED) is 0.476. The first-order chi connectivity index (χ1) is 15.8. The zero-order valence-corrected chi connectivity index (χ0v) is 17.5. The van der Waals surface area contributed by atoms with Crippen LogP contribution < -0.4 is 15.2 Å². The van der Waals surface area contributed by atoms with Crippen LogP contribution in [0, 0.1) is 6.92 Å². The number of hydrogen-bond acceptors (Lipinski definition) is 5. The van der Waals surface area contributed by atoms with Gasteiger partial charge in [0.1, 0.15) is 18.1 Å². The third-order valence-electron chi connectivity index (χ3n) is 5.33. The van der Waals surface area contributed by atoms with Crippen molar-refractivity contribution in [1.29, 1.82) is 0 Å². The third-order valence-corrected chi connectivity index (χ3v) is 5.33. The smallest absolute Gasteiger partial charge is 0.387 e. The van der Waals surface area contributed by atoms with Crippen molar-refractivity contribution in [1.82, 2.24) is 0 Å². The Bertz CT molecular complexity index is 1190. The summed E-state index contributed by atoms with van der Waals surface area (Å²) in [5.41, 5.74) is 8.13. The molecular weight excluding hydrogens is 440 g/mol. The van der Waals surface area contributed by atoms with Crippen LogP contribution in [0.2, 0.25) is 0 Å². The maximum Gasteiger partial charge on any atom is 0.387 e. The molecule has 3 aromatic carbocycles. The van der Waals surface area contributed by atoms with Crippen LogP contribution in [0.4, 0.5) is 17.6 Å². The van der Waals surface area contributed by atoms with Crippen LogP contribution in [0.15, 0.2) is 71.7 Å². The van der Waals surface area contributed by atoms with Crippen molar-refractivity contribution >= 4 is 6.02 Å². The largest absolute Gasteiger partial charge is 0.462 e. The second kappa shape index (κ2) is 9.01. The molecule has 1 heterocycles. The van der Waals surface area contributed by atoms with Gasteiger partial charge in [-0.15, -0.1) is 0 Å². The molecule has 0 unspecified atom stereocenters. The van der Waals surface area contributed by atoms with Gasteiger partial charge in [-0.2, -0.15) is 17.6 Å². The molecule has 0 bridgehead atoms. The van der Waals surface area contributed by atoms with Crippen molar-refractivity contribution in [2.24, 2.45) is 10.7 Å². The minimum atomic E-state index is -2.94. The summed E-state index contributed by atoms with van der Waals surface area (Å²) in [5, 5.41) is 0. The molecule has 9 heteroatoms. The maximum absolute atomic E-state index is 12.7. The lowest BCUT2D eigenvalue weighted by molar-refractivity contribution is -0.0507. The topological polar surface area (TPSA) is 66.1 Å². The van der Waals surface area contributed by atoms with Gasteiger partial charge in [-0.3, -0.25) is 0 Å². The fourth-order valence-corrected chi connectivity index (χ4v) is 3.84. The lowest BCUT2D eigenvalue weighted by Gasteiger charge is -2.26. The lowest BCUT2D eigenvalue weighted by atomic mass is 9.82. The zero-order chi connectivity index (χ0) is 23.6. The molecule has 0 radical (unpaired) electrons. The highest BCUT2D eigenvalue weighted by Gasteiger charge is 2.40. The summed E-state index contributed by atoms with van der Waals surface area (Å²) >= 11 is 0. The van der Waals surface area contributed by atoms with Crippen molar-refractivity contribution in [2.75, 3.05) is 6.61 Å². The Labute approximate surface area is 187 Å². The van der Waals surface area contributed by atoms with Crippen LogP contribution in [-0.4, -0.2) is 25.9 Å². The van der Waals surface area contributed by atoms with E-state index >= 15 is 0 Å². The number of nitrogens with zero attached hydrogens (tertiary/aromatic N) is 1. The number of alkyl halides is 4. The van der Waals surface area contributed by atoms with Crippen LogP contribution in [0.1, 0.15) is 16.7 Å². The second-order valence-electron chi connectivity index (χ2n) is 7.44. The molecule has 4 rings (SSSR count). The summed E-state index contributed by atoms with van der Waals surface area (Å²) in [4.78, 5) is 4.54. The SMILES string of the molecule is Cc1cc([C@@]2(c3cccc(-c4cccc(OC(F)F)c4)c3)COC(N)=N2)ccc1OC(F)F. The number of halogens is 4. The van der Waals surface area contributed by atoms with E-state index in [9.17, 15) is 17.6 Å².